The molecule has 2 saturated heterocycles. The first kappa shape index (κ1) is 19.1. The van der Waals surface area contributed by atoms with Crippen LogP contribution in [-0.4, -0.2) is 58.7 Å². The molecule has 0 radical (unpaired) electrons. The maximum Gasteiger partial charge on any atom is 0.328 e. The topological polar surface area (TPSA) is 116 Å². The predicted octanol–water partition coefficient (Wildman–Crippen LogP) is 1.10. The molecule has 4 rings (SSSR count). The van der Waals surface area contributed by atoms with Gasteiger partial charge in [0.2, 0.25) is 5.91 Å². The highest BCUT2D eigenvalue weighted by Gasteiger charge is 2.36. The fourth-order valence-corrected chi connectivity index (χ4v) is 3.85. The molecule has 0 unspecified atom stereocenters. The Bertz CT molecular complexity index is 956. The first-order valence-corrected chi connectivity index (χ1v) is 9.52. The van der Waals surface area contributed by atoms with Gasteiger partial charge in [0.1, 0.15) is 5.76 Å². The molecule has 0 aliphatic carbocycles. The fraction of sp³-hybridized carbons (Fsp3) is 0.400. The minimum absolute atomic E-state index is 0.158. The number of likely N-dealkylation sites (tertiary alicyclic amines) is 1. The van der Waals surface area contributed by atoms with Crippen molar-refractivity contribution >= 4 is 23.5 Å². The number of β-amino-alcohol motifs (C(OH)–C–C–N with tert-alkyl or cyclic N) is 1. The van der Waals surface area contributed by atoms with Crippen LogP contribution in [0, 0.1) is 12.8 Å². The number of aromatic nitrogens is 1. The lowest BCUT2D eigenvalue weighted by Gasteiger charge is -2.29. The molecular weight excluding hydrogens is 376 g/mol. The van der Waals surface area contributed by atoms with E-state index in [0.717, 1.165) is 5.69 Å². The number of aryl methyl sites for hydroxylation is 1. The van der Waals surface area contributed by atoms with E-state index >= 15 is 0 Å². The maximum absolute atomic E-state index is 13.2. The van der Waals surface area contributed by atoms with Gasteiger partial charge >= 0.3 is 6.03 Å². The van der Waals surface area contributed by atoms with Gasteiger partial charge in [0.05, 0.1) is 23.0 Å². The maximum atomic E-state index is 13.2. The number of anilines is 1. The second kappa shape index (κ2) is 7.67. The van der Waals surface area contributed by atoms with Gasteiger partial charge in [-0.3, -0.25) is 19.8 Å². The Hall–Kier alpha value is -3.20. The highest BCUT2D eigenvalue weighted by Crippen LogP contribution is 2.28. The van der Waals surface area contributed by atoms with Crippen molar-refractivity contribution in [1.82, 2.24) is 15.4 Å². The molecule has 2 atom stereocenters. The Balaban J connectivity index is 1.51. The zero-order valence-electron chi connectivity index (χ0n) is 16.0. The number of nitrogens with zero attached hydrogens (tertiary/aromatic N) is 3. The number of nitrogens with one attached hydrogen (secondary N) is 1. The van der Waals surface area contributed by atoms with Gasteiger partial charge in [-0.1, -0.05) is 17.3 Å². The van der Waals surface area contributed by atoms with E-state index in [2.05, 4.69) is 10.5 Å². The van der Waals surface area contributed by atoms with Gasteiger partial charge < -0.3 is 14.5 Å². The summed E-state index contributed by atoms with van der Waals surface area (Å²) in [6.45, 7) is 2.62. The van der Waals surface area contributed by atoms with Gasteiger partial charge in [0, 0.05) is 44.5 Å². The smallest absolute Gasteiger partial charge is 0.328 e. The van der Waals surface area contributed by atoms with E-state index in [0.29, 0.717) is 30.0 Å². The summed E-state index contributed by atoms with van der Waals surface area (Å²) in [7, 11) is 0. The quantitative estimate of drug-likeness (QED) is 0.797. The molecule has 9 heteroatoms. The van der Waals surface area contributed by atoms with Gasteiger partial charge in [0.15, 0.2) is 0 Å². The molecular formula is C20H22N4O5. The number of aliphatic hydroxyl groups excluding tert-OH is 1. The minimum Gasteiger partial charge on any atom is -0.391 e. The van der Waals surface area contributed by atoms with Crippen LogP contribution in [0.3, 0.4) is 0 Å². The number of para-hydroxylation sites is 1. The Kier molecular flexibility index (Phi) is 5.06. The number of rotatable bonds is 4. The first-order valence-electron chi connectivity index (χ1n) is 9.52. The van der Waals surface area contributed by atoms with E-state index in [1.54, 1.807) is 29.2 Å². The molecule has 9 nitrogen and oxygen atoms in total. The Morgan fingerprint density at radius 1 is 1.31 bits per heavy atom. The van der Waals surface area contributed by atoms with E-state index in [9.17, 15) is 19.5 Å². The van der Waals surface area contributed by atoms with Crippen LogP contribution in [0.1, 0.15) is 28.2 Å². The third kappa shape index (κ3) is 3.86. The molecule has 1 aromatic heterocycles. The average Bonchev–Trinajstić information content (AvgIpc) is 3.27. The number of hydrogen-bond donors (Lipinski definition) is 2. The van der Waals surface area contributed by atoms with Crippen molar-refractivity contribution in [3.63, 3.8) is 0 Å². The zero-order valence-corrected chi connectivity index (χ0v) is 16.0. The van der Waals surface area contributed by atoms with Crippen molar-refractivity contribution in [3.8, 4) is 0 Å². The molecule has 0 saturated carbocycles. The second-order valence-electron chi connectivity index (χ2n) is 7.45. The Morgan fingerprint density at radius 2 is 2.10 bits per heavy atom. The summed E-state index contributed by atoms with van der Waals surface area (Å²) < 4.78 is 5.23. The van der Waals surface area contributed by atoms with Gasteiger partial charge in [-0.25, -0.2) is 4.79 Å². The van der Waals surface area contributed by atoms with E-state index in [1.165, 1.54) is 4.90 Å². The Labute approximate surface area is 167 Å². The number of carbonyl (C=O) groups is 3. The average molecular weight is 398 g/mol. The van der Waals surface area contributed by atoms with Crippen molar-refractivity contribution in [1.29, 1.82) is 0 Å². The van der Waals surface area contributed by atoms with Crippen LogP contribution in [0.15, 0.2) is 34.9 Å². The molecule has 4 amide bonds. The van der Waals surface area contributed by atoms with Crippen molar-refractivity contribution in [2.75, 3.05) is 24.5 Å². The van der Waals surface area contributed by atoms with Crippen LogP contribution in [0.5, 0.6) is 0 Å². The summed E-state index contributed by atoms with van der Waals surface area (Å²) >= 11 is 0. The molecule has 152 valence electrons. The third-order valence-corrected chi connectivity index (χ3v) is 5.31. The van der Waals surface area contributed by atoms with Crippen LogP contribution in [-0.2, 0) is 11.2 Å². The monoisotopic (exact) mass is 398 g/mol. The van der Waals surface area contributed by atoms with Gasteiger partial charge in [-0.2, -0.15) is 0 Å². The van der Waals surface area contributed by atoms with Crippen LogP contribution in [0.2, 0.25) is 0 Å². The van der Waals surface area contributed by atoms with E-state index in [-0.39, 0.29) is 37.2 Å². The number of hydrogen-bond acceptors (Lipinski definition) is 6. The number of aliphatic hydroxyl groups is 1. The number of urea groups is 1. The van der Waals surface area contributed by atoms with Crippen LogP contribution in [0.25, 0.3) is 0 Å². The molecule has 3 heterocycles. The summed E-state index contributed by atoms with van der Waals surface area (Å²) in [5, 5.41) is 16.6. The number of amides is 4. The van der Waals surface area contributed by atoms with Gasteiger partial charge in [0.25, 0.3) is 5.91 Å². The lowest BCUT2D eigenvalue weighted by Crippen LogP contribution is -2.50. The van der Waals surface area contributed by atoms with Crippen molar-refractivity contribution in [2.24, 2.45) is 5.92 Å². The highest BCUT2D eigenvalue weighted by molar-refractivity contribution is 6.09. The molecule has 2 aliphatic rings. The molecule has 2 aliphatic heterocycles. The summed E-state index contributed by atoms with van der Waals surface area (Å²) in [4.78, 5) is 39.8. The molecule has 0 spiro atoms. The third-order valence-electron chi connectivity index (χ3n) is 5.31. The van der Waals surface area contributed by atoms with Crippen LogP contribution >= 0.6 is 0 Å². The van der Waals surface area contributed by atoms with E-state index in [4.69, 9.17) is 4.52 Å². The highest BCUT2D eigenvalue weighted by atomic mass is 16.5. The zero-order chi connectivity index (χ0) is 20.5. The van der Waals surface area contributed by atoms with Crippen molar-refractivity contribution in [2.45, 2.75) is 25.9 Å². The number of benzene rings is 1. The summed E-state index contributed by atoms with van der Waals surface area (Å²) in [5.41, 5.74) is 1.58. The summed E-state index contributed by atoms with van der Waals surface area (Å²) in [5.74, 6) is -0.0749. The summed E-state index contributed by atoms with van der Waals surface area (Å²) in [6.07, 6.45) is -0.00757. The number of imide groups is 1. The molecule has 2 fully saturated rings. The Morgan fingerprint density at radius 3 is 2.83 bits per heavy atom. The lowest BCUT2D eigenvalue weighted by atomic mass is 10.0. The molecule has 2 N–H and O–H groups in total. The molecule has 29 heavy (non-hydrogen) atoms. The van der Waals surface area contributed by atoms with Crippen molar-refractivity contribution < 1.29 is 24.0 Å². The molecule has 0 bridgehead atoms. The van der Waals surface area contributed by atoms with Gasteiger partial charge in [-0.05, 0) is 19.1 Å². The second-order valence-corrected chi connectivity index (χ2v) is 7.45. The predicted molar refractivity (Wildman–Crippen MR) is 102 cm³/mol. The minimum atomic E-state index is -0.674. The van der Waals surface area contributed by atoms with Crippen LogP contribution < -0.4 is 10.2 Å². The van der Waals surface area contributed by atoms with E-state index < -0.39 is 12.1 Å². The summed E-state index contributed by atoms with van der Waals surface area (Å²) in [6, 6.07) is 8.09. The van der Waals surface area contributed by atoms with E-state index in [1.807, 2.05) is 13.0 Å². The van der Waals surface area contributed by atoms with Gasteiger partial charge in [-0.15, -0.1) is 0 Å². The normalized spacial score (nSPS) is 22.1. The fourth-order valence-electron chi connectivity index (χ4n) is 3.85. The number of carbonyl (C=O) groups excluding carboxylic acids is 3. The standard InChI is InChI=1S/C20H22N4O5/c1-12-8-14(29-22-12)9-13-10-23(11-17(13)25)19(27)15-4-2-3-5-16(15)24-7-6-18(26)21-20(24)28/h2-5,8,13,17,25H,6-7,9-11H2,1H3,(H,21,26,28)/t13-,17+/m1/s1. The SMILES string of the molecule is Cc1cc(C[C@@H]2CN(C(=O)c3ccccc3N3CCC(=O)NC3=O)C[C@@H]2O)on1. The van der Waals surface area contributed by atoms with Crippen LogP contribution in [0.4, 0.5) is 10.5 Å². The first-order chi connectivity index (χ1) is 13.9. The molecule has 1 aromatic carbocycles. The molecule has 2 aromatic rings. The lowest BCUT2D eigenvalue weighted by molar-refractivity contribution is -0.120. The van der Waals surface area contributed by atoms with Crippen molar-refractivity contribution in [3.05, 3.63) is 47.3 Å². The largest absolute Gasteiger partial charge is 0.391 e.